The molecule has 0 rings (SSSR count). The van der Waals surface area contributed by atoms with E-state index in [0.717, 1.165) is 0 Å². The molecule has 0 radical (unpaired) electrons. The van der Waals surface area contributed by atoms with Crippen molar-refractivity contribution in [2.24, 2.45) is 0 Å². The Morgan fingerprint density at radius 2 is 0.926 bits per heavy atom. The van der Waals surface area contributed by atoms with Crippen LogP contribution in [0.2, 0.25) is 0 Å². The molecule has 27 heavy (non-hydrogen) atoms. The summed E-state index contributed by atoms with van der Waals surface area (Å²) >= 11 is 0. The first-order valence-corrected chi connectivity index (χ1v) is 8.77. The first-order chi connectivity index (χ1) is 12.7. The number of hydrogen-bond donors (Lipinski definition) is 0. The Kier molecular flexibility index (Phi) is 12.3. The Morgan fingerprint density at radius 1 is 0.593 bits per heavy atom. The number of carbonyl (C=O) groups is 6. The van der Waals surface area contributed by atoms with Crippen molar-refractivity contribution in [3.05, 3.63) is 0 Å². The van der Waals surface area contributed by atoms with Crippen LogP contribution in [0.15, 0.2) is 0 Å². The smallest absolute Gasteiger partial charge is 0.313 e. The fourth-order valence-electron chi connectivity index (χ4n) is 1.68. The van der Waals surface area contributed by atoms with Crippen LogP contribution in [-0.2, 0) is 43.0 Å². The highest BCUT2D eigenvalue weighted by Gasteiger charge is 2.22. The van der Waals surface area contributed by atoms with Crippen LogP contribution in [0.25, 0.3) is 0 Å². The molecule has 0 aliphatic carbocycles. The monoisotopic (exact) mass is 386 g/mol. The van der Waals surface area contributed by atoms with Gasteiger partial charge in [0, 0.05) is 19.3 Å². The summed E-state index contributed by atoms with van der Waals surface area (Å²) in [6.07, 6.45) is -1.94. The van der Waals surface area contributed by atoms with Crippen LogP contribution in [0.5, 0.6) is 0 Å². The lowest BCUT2D eigenvalue weighted by Crippen LogP contribution is -2.32. The third-order valence-corrected chi connectivity index (χ3v) is 3.37. The van der Waals surface area contributed by atoms with E-state index in [2.05, 4.69) is 0 Å². The van der Waals surface area contributed by atoms with E-state index >= 15 is 0 Å². The number of Topliss-reactive ketones (excluding diaryl/α,β-unsaturated/α-hetero) is 3. The van der Waals surface area contributed by atoms with Crippen LogP contribution in [0.1, 0.15) is 59.3 Å². The topological polar surface area (TPSA) is 130 Å². The predicted octanol–water partition coefficient (Wildman–Crippen LogP) is 1.09. The van der Waals surface area contributed by atoms with E-state index in [-0.39, 0.29) is 36.6 Å². The number of carbonyl (C=O) groups excluding carboxylic acids is 6. The molecule has 0 aliphatic heterocycles. The number of hydrogen-bond acceptors (Lipinski definition) is 9. The van der Waals surface area contributed by atoms with E-state index in [4.69, 9.17) is 14.2 Å². The Hall–Kier alpha value is -2.58. The van der Waals surface area contributed by atoms with Gasteiger partial charge in [-0.3, -0.25) is 28.8 Å². The molecule has 0 aliphatic rings. The number of ether oxygens (including phenoxy) is 3. The molecule has 0 aromatic heterocycles. The summed E-state index contributed by atoms with van der Waals surface area (Å²) in [6.45, 7) is 3.89. The van der Waals surface area contributed by atoms with E-state index < -0.39 is 56.5 Å². The van der Waals surface area contributed by atoms with Crippen molar-refractivity contribution in [1.82, 2.24) is 0 Å². The average molecular weight is 386 g/mol. The van der Waals surface area contributed by atoms with Crippen molar-refractivity contribution in [1.29, 1.82) is 0 Å². The summed E-state index contributed by atoms with van der Waals surface area (Å²) in [6, 6.07) is 0. The predicted molar refractivity (Wildman–Crippen MR) is 91.5 cm³/mol. The normalized spacial score (nSPS) is 10.2. The van der Waals surface area contributed by atoms with Gasteiger partial charge in [-0.2, -0.15) is 0 Å². The van der Waals surface area contributed by atoms with Crippen LogP contribution in [0, 0.1) is 0 Å². The zero-order chi connectivity index (χ0) is 20.8. The third kappa shape index (κ3) is 12.4. The summed E-state index contributed by atoms with van der Waals surface area (Å²) in [5.41, 5.74) is 0. The lowest BCUT2D eigenvalue weighted by Gasteiger charge is -2.18. The molecule has 0 saturated heterocycles. The summed E-state index contributed by atoms with van der Waals surface area (Å²) in [7, 11) is 0. The molecule has 0 heterocycles. The largest absolute Gasteiger partial charge is 0.461 e. The maximum absolute atomic E-state index is 11.7. The molecular formula is C18H26O9. The molecule has 0 unspecified atom stereocenters. The second-order valence-corrected chi connectivity index (χ2v) is 5.68. The molecule has 0 amide bonds. The van der Waals surface area contributed by atoms with E-state index in [1.807, 2.05) is 0 Å². The van der Waals surface area contributed by atoms with Gasteiger partial charge in [0.15, 0.2) is 6.10 Å². The zero-order valence-corrected chi connectivity index (χ0v) is 15.9. The molecule has 152 valence electrons. The summed E-state index contributed by atoms with van der Waals surface area (Å²) in [4.78, 5) is 68.6. The summed E-state index contributed by atoms with van der Waals surface area (Å²) in [5, 5.41) is 0. The Morgan fingerprint density at radius 3 is 1.26 bits per heavy atom. The maximum Gasteiger partial charge on any atom is 0.313 e. The van der Waals surface area contributed by atoms with Gasteiger partial charge in [-0.1, -0.05) is 20.8 Å². The number of rotatable bonds is 14. The van der Waals surface area contributed by atoms with Gasteiger partial charge >= 0.3 is 17.9 Å². The van der Waals surface area contributed by atoms with Crippen LogP contribution in [0.4, 0.5) is 0 Å². The minimum absolute atomic E-state index is 0.155. The van der Waals surface area contributed by atoms with Crippen LogP contribution in [0.3, 0.4) is 0 Å². The van der Waals surface area contributed by atoms with Crippen molar-refractivity contribution in [3.63, 3.8) is 0 Å². The second-order valence-electron chi connectivity index (χ2n) is 5.68. The summed E-state index contributed by atoms with van der Waals surface area (Å²) < 4.78 is 14.7. The molecule has 0 saturated carbocycles. The molecule has 0 spiro atoms. The molecule has 9 heteroatoms. The zero-order valence-electron chi connectivity index (χ0n) is 15.9. The molecule has 0 fully saturated rings. The van der Waals surface area contributed by atoms with Gasteiger partial charge in [-0.15, -0.1) is 0 Å². The molecule has 0 aromatic carbocycles. The highest BCUT2D eigenvalue weighted by molar-refractivity contribution is 5.96. The van der Waals surface area contributed by atoms with Crippen molar-refractivity contribution < 1.29 is 43.0 Å². The fourth-order valence-corrected chi connectivity index (χ4v) is 1.68. The van der Waals surface area contributed by atoms with E-state index in [1.165, 1.54) is 0 Å². The Bertz CT molecular complexity index is 531. The molecule has 0 N–H and O–H groups in total. The molecule has 0 bridgehead atoms. The van der Waals surface area contributed by atoms with Crippen molar-refractivity contribution in [2.45, 2.75) is 65.4 Å². The fraction of sp³-hybridized carbons (Fsp3) is 0.667. The van der Waals surface area contributed by atoms with Crippen LogP contribution >= 0.6 is 0 Å². The molecular weight excluding hydrogens is 360 g/mol. The molecule has 0 aromatic rings. The summed E-state index contributed by atoms with van der Waals surface area (Å²) in [5.74, 6) is -3.43. The van der Waals surface area contributed by atoms with Crippen LogP contribution in [-0.4, -0.2) is 54.6 Å². The van der Waals surface area contributed by atoms with E-state index in [0.29, 0.717) is 0 Å². The minimum Gasteiger partial charge on any atom is -0.461 e. The highest BCUT2D eigenvalue weighted by Crippen LogP contribution is 2.04. The van der Waals surface area contributed by atoms with E-state index in [9.17, 15) is 28.8 Å². The number of esters is 3. The standard InChI is InChI=1S/C18H26O9/c1-4-12(19)7-16(22)25-10-15(27-18(24)9-14(21)6-3)11-26-17(23)8-13(20)5-2/h15H,4-11H2,1-3H3. The Labute approximate surface area is 157 Å². The van der Waals surface area contributed by atoms with Gasteiger partial charge in [-0.25, -0.2) is 0 Å². The quantitative estimate of drug-likeness (QED) is 0.244. The molecule has 0 atom stereocenters. The Balaban J connectivity index is 4.68. The average Bonchev–Trinajstić information content (AvgIpc) is 2.63. The second kappa shape index (κ2) is 13.6. The van der Waals surface area contributed by atoms with Gasteiger partial charge in [0.25, 0.3) is 0 Å². The third-order valence-electron chi connectivity index (χ3n) is 3.37. The lowest BCUT2D eigenvalue weighted by molar-refractivity contribution is -0.168. The van der Waals surface area contributed by atoms with E-state index in [1.54, 1.807) is 20.8 Å². The van der Waals surface area contributed by atoms with Gasteiger partial charge in [0.05, 0.1) is 0 Å². The minimum atomic E-state index is -1.15. The first-order valence-electron chi connectivity index (χ1n) is 8.77. The number of ketones is 3. The van der Waals surface area contributed by atoms with Gasteiger partial charge in [-0.05, 0) is 0 Å². The first kappa shape index (κ1) is 24.4. The van der Waals surface area contributed by atoms with Gasteiger partial charge < -0.3 is 14.2 Å². The van der Waals surface area contributed by atoms with Crippen molar-refractivity contribution in [2.75, 3.05) is 13.2 Å². The van der Waals surface area contributed by atoms with Crippen molar-refractivity contribution in [3.8, 4) is 0 Å². The maximum atomic E-state index is 11.7. The van der Waals surface area contributed by atoms with Gasteiger partial charge in [0.2, 0.25) is 0 Å². The SMILES string of the molecule is CCC(=O)CC(=O)OCC(COC(=O)CC(=O)CC)OC(=O)CC(=O)CC. The van der Waals surface area contributed by atoms with Crippen molar-refractivity contribution >= 4 is 35.3 Å². The van der Waals surface area contributed by atoms with Gasteiger partial charge in [0.1, 0.15) is 49.8 Å². The molecule has 9 nitrogen and oxygen atoms in total. The van der Waals surface area contributed by atoms with Crippen LogP contribution < -0.4 is 0 Å². The lowest BCUT2D eigenvalue weighted by atomic mass is 10.2. The highest BCUT2D eigenvalue weighted by atomic mass is 16.6.